The zero-order chi connectivity index (χ0) is 22.8. The Kier molecular flexibility index (Phi) is 6.55. The fraction of sp³-hybridized carbons (Fsp3) is 0.348. The van der Waals surface area contributed by atoms with Gasteiger partial charge in [0.1, 0.15) is 17.8 Å². The molecule has 0 radical (unpaired) electrons. The van der Waals surface area contributed by atoms with Crippen LogP contribution < -0.4 is 15.4 Å². The summed E-state index contributed by atoms with van der Waals surface area (Å²) in [6.07, 6.45) is 1.35. The molecule has 1 saturated heterocycles. The van der Waals surface area contributed by atoms with Crippen LogP contribution in [0.25, 0.3) is 0 Å². The molecule has 2 aromatic rings. The van der Waals surface area contributed by atoms with Gasteiger partial charge in [0.05, 0.1) is 7.11 Å². The van der Waals surface area contributed by atoms with E-state index in [9.17, 15) is 14.4 Å². The van der Waals surface area contributed by atoms with Gasteiger partial charge in [-0.3, -0.25) is 14.5 Å². The van der Waals surface area contributed by atoms with E-state index in [1.165, 1.54) is 0 Å². The maximum Gasteiger partial charge on any atom is 0.325 e. The van der Waals surface area contributed by atoms with Gasteiger partial charge in [-0.25, -0.2) is 4.79 Å². The largest absolute Gasteiger partial charge is 0.497 e. The van der Waals surface area contributed by atoms with E-state index in [4.69, 9.17) is 16.3 Å². The molecule has 0 spiro atoms. The quantitative estimate of drug-likeness (QED) is 0.635. The molecule has 7 nitrogen and oxygen atoms in total. The van der Waals surface area contributed by atoms with E-state index < -0.39 is 29.9 Å². The first-order valence-electron chi connectivity index (χ1n) is 10.1. The van der Waals surface area contributed by atoms with Crippen molar-refractivity contribution in [2.24, 2.45) is 0 Å². The van der Waals surface area contributed by atoms with Crippen LogP contribution in [0.1, 0.15) is 37.5 Å². The number of halogens is 1. The number of aryl methyl sites for hydroxylation is 1. The first kappa shape index (κ1) is 22.6. The molecular formula is C23H26ClN3O4. The van der Waals surface area contributed by atoms with Crippen molar-refractivity contribution in [1.29, 1.82) is 0 Å². The molecule has 1 heterocycles. The molecule has 8 heteroatoms. The Bertz CT molecular complexity index is 1020. The molecule has 0 saturated carbocycles. The summed E-state index contributed by atoms with van der Waals surface area (Å²) >= 11 is 6.30. The second-order valence-corrected chi connectivity index (χ2v) is 7.90. The summed E-state index contributed by atoms with van der Waals surface area (Å²) in [4.78, 5) is 39.4. The van der Waals surface area contributed by atoms with E-state index in [1.807, 2.05) is 26.0 Å². The number of carbonyl (C=O) groups is 3. The van der Waals surface area contributed by atoms with Gasteiger partial charge in [0.25, 0.3) is 5.91 Å². The molecule has 164 valence electrons. The van der Waals surface area contributed by atoms with Gasteiger partial charge >= 0.3 is 6.03 Å². The van der Waals surface area contributed by atoms with Crippen LogP contribution in [0.2, 0.25) is 5.02 Å². The van der Waals surface area contributed by atoms with Crippen molar-refractivity contribution in [3.8, 4) is 5.75 Å². The fourth-order valence-electron chi connectivity index (χ4n) is 3.75. The van der Waals surface area contributed by atoms with Crippen LogP contribution in [0.4, 0.5) is 10.5 Å². The SMILES string of the molecule is CCc1ccc(Cl)c(CC)c1NC(=O)CN1C(=O)NC(C)(c2ccc(OC)cc2)C1=O. The van der Waals surface area contributed by atoms with E-state index in [2.05, 4.69) is 10.6 Å². The highest BCUT2D eigenvalue weighted by Gasteiger charge is 2.49. The number of urea groups is 1. The summed E-state index contributed by atoms with van der Waals surface area (Å²) in [5.41, 5.74) is 1.76. The van der Waals surface area contributed by atoms with Gasteiger partial charge in [-0.15, -0.1) is 0 Å². The summed E-state index contributed by atoms with van der Waals surface area (Å²) in [6.45, 7) is 5.16. The van der Waals surface area contributed by atoms with Crippen molar-refractivity contribution in [1.82, 2.24) is 10.2 Å². The third-order valence-electron chi connectivity index (χ3n) is 5.58. The van der Waals surface area contributed by atoms with Gasteiger partial charge in [-0.1, -0.05) is 43.6 Å². The summed E-state index contributed by atoms with van der Waals surface area (Å²) < 4.78 is 5.14. The standard InChI is InChI=1S/C23H26ClN3O4/c1-5-14-7-12-18(24)17(6-2)20(14)25-19(28)13-27-21(29)23(3,26-22(27)30)15-8-10-16(31-4)11-9-15/h7-12H,5-6,13H2,1-4H3,(H,25,28)(H,26,30). The minimum atomic E-state index is -1.26. The summed E-state index contributed by atoms with van der Waals surface area (Å²) in [5.74, 6) is -0.315. The number of anilines is 1. The molecule has 0 aliphatic carbocycles. The molecule has 1 atom stereocenters. The zero-order valence-electron chi connectivity index (χ0n) is 18.0. The molecule has 1 fully saturated rings. The van der Waals surface area contributed by atoms with Crippen molar-refractivity contribution >= 4 is 35.1 Å². The lowest BCUT2D eigenvalue weighted by molar-refractivity contribution is -0.133. The maximum atomic E-state index is 13.1. The minimum absolute atomic E-state index is 0.394. The average Bonchev–Trinajstić information content (AvgIpc) is 2.98. The summed E-state index contributed by atoms with van der Waals surface area (Å²) in [6, 6.07) is 9.93. The number of nitrogens with zero attached hydrogens (tertiary/aromatic N) is 1. The highest BCUT2D eigenvalue weighted by molar-refractivity contribution is 6.32. The van der Waals surface area contributed by atoms with Crippen LogP contribution >= 0.6 is 11.6 Å². The molecule has 1 aliphatic heterocycles. The number of methoxy groups -OCH3 is 1. The Hall–Kier alpha value is -3.06. The van der Waals surface area contributed by atoms with Gasteiger partial charge in [-0.05, 0) is 54.7 Å². The van der Waals surface area contributed by atoms with E-state index >= 15 is 0 Å². The molecule has 0 bridgehead atoms. The van der Waals surface area contributed by atoms with Crippen LogP contribution in [0.5, 0.6) is 5.75 Å². The second kappa shape index (κ2) is 8.98. The smallest absolute Gasteiger partial charge is 0.325 e. The van der Waals surface area contributed by atoms with Crippen molar-refractivity contribution in [3.05, 3.63) is 58.1 Å². The third kappa shape index (κ3) is 4.23. The maximum absolute atomic E-state index is 13.1. The van der Waals surface area contributed by atoms with Crippen molar-refractivity contribution < 1.29 is 19.1 Å². The normalized spacial score (nSPS) is 18.2. The second-order valence-electron chi connectivity index (χ2n) is 7.49. The van der Waals surface area contributed by atoms with Gasteiger partial charge in [-0.2, -0.15) is 0 Å². The summed E-state index contributed by atoms with van der Waals surface area (Å²) in [5, 5.41) is 6.13. The predicted molar refractivity (Wildman–Crippen MR) is 119 cm³/mol. The van der Waals surface area contributed by atoms with Gasteiger partial charge in [0.15, 0.2) is 0 Å². The Morgan fingerprint density at radius 3 is 2.39 bits per heavy atom. The van der Waals surface area contributed by atoms with Crippen LogP contribution in [0, 0.1) is 0 Å². The number of benzene rings is 2. The van der Waals surface area contributed by atoms with E-state index in [0.717, 1.165) is 16.0 Å². The Morgan fingerprint density at radius 1 is 1.13 bits per heavy atom. The summed E-state index contributed by atoms with van der Waals surface area (Å²) in [7, 11) is 1.55. The molecule has 4 amide bonds. The lowest BCUT2D eigenvalue weighted by Gasteiger charge is -2.22. The lowest BCUT2D eigenvalue weighted by atomic mass is 9.92. The molecule has 0 aromatic heterocycles. The zero-order valence-corrected chi connectivity index (χ0v) is 18.8. The van der Waals surface area contributed by atoms with Gasteiger partial charge < -0.3 is 15.4 Å². The van der Waals surface area contributed by atoms with Crippen LogP contribution in [0.3, 0.4) is 0 Å². The number of hydrogen-bond donors (Lipinski definition) is 2. The predicted octanol–water partition coefficient (Wildman–Crippen LogP) is 3.88. The Balaban J connectivity index is 1.80. The number of ether oxygens (including phenoxy) is 1. The Morgan fingerprint density at radius 2 is 1.81 bits per heavy atom. The van der Waals surface area contributed by atoms with Crippen molar-refractivity contribution in [2.75, 3.05) is 19.0 Å². The van der Waals surface area contributed by atoms with Crippen LogP contribution in [-0.2, 0) is 28.0 Å². The van der Waals surface area contributed by atoms with E-state index in [0.29, 0.717) is 34.9 Å². The first-order chi connectivity index (χ1) is 14.7. The van der Waals surface area contributed by atoms with Crippen molar-refractivity contribution in [3.63, 3.8) is 0 Å². The number of imide groups is 1. The number of carbonyl (C=O) groups excluding carboxylic acids is 3. The number of nitrogens with one attached hydrogen (secondary N) is 2. The molecule has 3 rings (SSSR count). The molecule has 2 N–H and O–H groups in total. The first-order valence-corrected chi connectivity index (χ1v) is 10.5. The number of amides is 4. The topological polar surface area (TPSA) is 87.7 Å². The average molecular weight is 444 g/mol. The van der Waals surface area contributed by atoms with Crippen LogP contribution in [-0.4, -0.2) is 36.4 Å². The number of rotatable bonds is 7. The van der Waals surface area contributed by atoms with Crippen LogP contribution in [0.15, 0.2) is 36.4 Å². The molecule has 31 heavy (non-hydrogen) atoms. The van der Waals surface area contributed by atoms with Gasteiger partial charge in [0, 0.05) is 10.7 Å². The minimum Gasteiger partial charge on any atom is -0.497 e. The third-order valence-corrected chi connectivity index (χ3v) is 5.94. The Labute approximate surface area is 186 Å². The van der Waals surface area contributed by atoms with Crippen molar-refractivity contribution in [2.45, 2.75) is 39.2 Å². The highest BCUT2D eigenvalue weighted by Crippen LogP contribution is 2.31. The lowest BCUT2D eigenvalue weighted by Crippen LogP contribution is -2.42. The number of hydrogen-bond acceptors (Lipinski definition) is 4. The monoisotopic (exact) mass is 443 g/mol. The van der Waals surface area contributed by atoms with E-state index in [-0.39, 0.29) is 0 Å². The molecule has 1 aliphatic rings. The molecule has 2 aromatic carbocycles. The van der Waals surface area contributed by atoms with E-state index in [1.54, 1.807) is 38.3 Å². The molecular weight excluding hydrogens is 418 g/mol. The highest BCUT2D eigenvalue weighted by atomic mass is 35.5. The van der Waals surface area contributed by atoms with Gasteiger partial charge in [0.2, 0.25) is 5.91 Å². The molecule has 1 unspecified atom stereocenters. The fourth-order valence-corrected chi connectivity index (χ4v) is 4.04.